The van der Waals surface area contributed by atoms with Gasteiger partial charge in [-0.3, -0.25) is 0 Å². The highest BCUT2D eigenvalue weighted by Gasteiger charge is 2.35. The van der Waals surface area contributed by atoms with E-state index in [1.54, 1.807) is 0 Å². The Kier molecular flexibility index (Phi) is 14.9. The summed E-state index contributed by atoms with van der Waals surface area (Å²) in [5.74, 6) is 7.46. The quantitative estimate of drug-likeness (QED) is 0.276. The Morgan fingerprint density at radius 3 is 0.550 bits per heavy atom. The van der Waals surface area contributed by atoms with E-state index in [0.29, 0.717) is 21.7 Å². The van der Waals surface area contributed by atoms with Crippen molar-refractivity contribution in [2.45, 2.75) is 188 Å². The van der Waals surface area contributed by atoms with Crippen molar-refractivity contribution in [2.24, 2.45) is 69.0 Å². The van der Waals surface area contributed by atoms with Crippen LogP contribution in [0.15, 0.2) is 0 Å². The van der Waals surface area contributed by atoms with Crippen LogP contribution >= 0.6 is 0 Å². The zero-order valence-corrected chi connectivity index (χ0v) is 31.1. The fourth-order valence-corrected chi connectivity index (χ4v) is 8.51. The van der Waals surface area contributed by atoms with E-state index >= 15 is 0 Å². The second kappa shape index (κ2) is 15.6. The smallest absolute Gasteiger partial charge is 0.0326 e. The van der Waals surface area contributed by atoms with Gasteiger partial charge in [-0.05, 0) is 94.7 Å². The molecule has 4 fully saturated rings. The summed E-state index contributed by atoms with van der Waals surface area (Å²) in [7, 11) is 0. The Balaban J connectivity index is 0.000000267. The Labute approximate surface area is 256 Å². The highest BCUT2D eigenvalue weighted by atomic mass is 14.4. The third-order valence-electron chi connectivity index (χ3n) is 14.3. The maximum Gasteiger partial charge on any atom is -0.0326 e. The van der Waals surface area contributed by atoms with Gasteiger partial charge in [0.15, 0.2) is 0 Å². The maximum atomic E-state index is 2.41. The summed E-state index contributed by atoms with van der Waals surface area (Å²) in [5, 5.41) is 0. The van der Waals surface area contributed by atoms with Crippen LogP contribution in [0.2, 0.25) is 0 Å². The monoisotopic (exact) mass is 561 g/mol. The molecule has 0 saturated heterocycles. The fraction of sp³-hybridized carbons (Fsp3) is 1.00. The molecule has 4 aliphatic carbocycles. The molecule has 4 saturated carbocycles. The average Bonchev–Trinajstić information content (AvgIpc) is 2.84. The van der Waals surface area contributed by atoms with Crippen molar-refractivity contribution in [3.8, 4) is 0 Å². The van der Waals surface area contributed by atoms with Crippen LogP contribution in [-0.2, 0) is 0 Å². The van der Waals surface area contributed by atoms with E-state index in [-0.39, 0.29) is 0 Å². The molecule has 0 heteroatoms. The van der Waals surface area contributed by atoms with Gasteiger partial charge in [0.1, 0.15) is 0 Å². The third-order valence-corrected chi connectivity index (χ3v) is 14.3. The van der Waals surface area contributed by atoms with Crippen molar-refractivity contribution in [1.29, 1.82) is 0 Å². The molecule has 0 aromatic rings. The molecule has 0 bridgehead atoms. The van der Waals surface area contributed by atoms with E-state index in [0.717, 1.165) is 47.3 Å². The van der Waals surface area contributed by atoms with Crippen LogP contribution in [0.4, 0.5) is 0 Å². The molecule has 0 spiro atoms. The zero-order valence-electron chi connectivity index (χ0n) is 31.1. The summed E-state index contributed by atoms with van der Waals surface area (Å²) < 4.78 is 0. The minimum atomic E-state index is 0.609. The summed E-state index contributed by atoms with van der Waals surface area (Å²) in [6.45, 7) is 38.5. The predicted octanol–water partition coefficient (Wildman–Crippen LogP) is 13.9. The first kappa shape index (κ1) is 38.0. The molecule has 40 heavy (non-hydrogen) atoms. The van der Waals surface area contributed by atoms with E-state index in [9.17, 15) is 0 Å². The molecule has 0 heterocycles. The van der Waals surface area contributed by atoms with E-state index in [1.807, 2.05) is 0 Å². The van der Waals surface area contributed by atoms with Gasteiger partial charge in [-0.15, -0.1) is 0 Å². The van der Waals surface area contributed by atoms with Crippen LogP contribution in [-0.4, -0.2) is 0 Å². The van der Waals surface area contributed by atoms with Crippen molar-refractivity contribution < 1.29 is 0 Å². The molecular formula is C40H80. The lowest BCUT2D eigenvalue weighted by Crippen LogP contribution is -2.31. The lowest BCUT2D eigenvalue weighted by Gasteiger charge is -2.40. The van der Waals surface area contributed by atoms with Gasteiger partial charge < -0.3 is 0 Å². The molecule has 0 nitrogen and oxygen atoms in total. The van der Waals surface area contributed by atoms with Crippen LogP contribution in [0.5, 0.6) is 0 Å². The average molecular weight is 561 g/mol. The first-order valence-corrected chi connectivity index (χ1v) is 18.2. The zero-order chi connectivity index (χ0) is 31.1. The molecule has 4 aliphatic rings. The number of rotatable bonds is 0. The Morgan fingerprint density at radius 1 is 0.300 bits per heavy atom. The summed E-state index contributed by atoms with van der Waals surface area (Å²) in [4.78, 5) is 0. The van der Waals surface area contributed by atoms with Crippen molar-refractivity contribution in [2.75, 3.05) is 0 Å². The van der Waals surface area contributed by atoms with Gasteiger partial charge in [0, 0.05) is 0 Å². The van der Waals surface area contributed by atoms with Crippen molar-refractivity contribution in [3.05, 3.63) is 0 Å². The molecule has 0 radical (unpaired) electrons. The molecule has 0 N–H and O–H groups in total. The van der Waals surface area contributed by atoms with E-state index in [2.05, 4.69) is 111 Å². The molecule has 240 valence electrons. The first-order valence-electron chi connectivity index (χ1n) is 18.2. The Morgan fingerprint density at radius 2 is 0.450 bits per heavy atom. The van der Waals surface area contributed by atoms with Crippen molar-refractivity contribution >= 4 is 0 Å². The maximum absolute atomic E-state index is 2.41. The second-order valence-electron chi connectivity index (χ2n) is 18.6. The molecular weight excluding hydrogens is 480 g/mol. The largest absolute Gasteiger partial charge is 0.0622 e. The molecule has 8 atom stereocenters. The van der Waals surface area contributed by atoms with Crippen molar-refractivity contribution in [3.63, 3.8) is 0 Å². The predicted molar refractivity (Wildman–Crippen MR) is 184 cm³/mol. The van der Waals surface area contributed by atoms with E-state index in [1.165, 1.54) is 77.0 Å². The highest BCUT2D eigenvalue weighted by molar-refractivity contribution is 4.85. The fourth-order valence-electron chi connectivity index (χ4n) is 8.51. The van der Waals surface area contributed by atoms with Gasteiger partial charge in [-0.25, -0.2) is 0 Å². The Hall–Kier alpha value is 0. The minimum absolute atomic E-state index is 0.609. The van der Waals surface area contributed by atoms with Crippen LogP contribution in [0.3, 0.4) is 0 Å². The van der Waals surface area contributed by atoms with Gasteiger partial charge in [0.25, 0.3) is 0 Å². The Bertz CT molecular complexity index is 573. The van der Waals surface area contributed by atoms with E-state index < -0.39 is 0 Å². The summed E-state index contributed by atoms with van der Waals surface area (Å²) in [5.41, 5.74) is 2.44. The van der Waals surface area contributed by atoms with Crippen molar-refractivity contribution in [1.82, 2.24) is 0 Å². The molecule has 0 unspecified atom stereocenters. The van der Waals surface area contributed by atoms with Crippen LogP contribution in [0, 0.1) is 69.0 Å². The minimum Gasteiger partial charge on any atom is -0.0622 e. The first-order chi connectivity index (χ1) is 18.2. The molecule has 0 amide bonds. The highest BCUT2D eigenvalue weighted by Crippen LogP contribution is 2.45. The van der Waals surface area contributed by atoms with Gasteiger partial charge >= 0.3 is 0 Å². The van der Waals surface area contributed by atoms with Gasteiger partial charge in [0.2, 0.25) is 0 Å². The van der Waals surface area contributed by atoms with Gasteiger partial charge in [-0.2, -0.15) is 0 Å². The normalized spacial score (nSPS) is 39.6. The molecule has 0 aliphatic heterocycles. The van der Waals surface area contributed by atoms with Gasteiger partial charge in [-0.1, -0.05) is 162 Å². The molecule has 4 rings (SSSR count). The summed E-state index contributed by atoms with van der Waals surface area (Å²) in [6, 6.07) is 0. The lowest BCUT2D eigenvalue weighted by atomic mass is 9.65. The third kappa shape index (κ3) is 11.3. The molecule has 0 aromatic heterocycles. The van der Waals surface area contributed by atoms with Gasteiger partial charge in [0.05, 0.1) is 0 Å². The lowest BCUT2D eigenvalue weighted by molar-refractivity contribution is 0.0995. The van der Waals surface area contributed by atoms with Crippen LogP contribution in [0.1, 0.15) is 188 Å². The summed E-state index contributed by atoms with van der Waals surface area (Å²) >= 11 is 0. The summed E-state index contributed by atoms with van der Waals surface area (Å²) in [6.07, 6.45) is 17.3. The van der Waals surface area contributed by atoms with Crippen LogP contribution in [0.25, 0.3) is 0 Å². The SMILES string of the molecule is C[C@@H]1CCCC(C)(C)[C@@H]1C.C[C@@H]1CCCC(C)(C)[C@H]1C.C[C@@H]1[C@@H](C)CCCC1(C)C.C[C@H]1CCCC(C)(C)[C@H]1C. The topological polar surface area (TPSA) is 0 Å². The second-order valence-corrected chi connectivity index (χ2v) is 18.6. The molecule has 0 aromatic carbocycles. The van der Waals surface area contributed by atoms with E-state index in [4.69, 9.17) is 0 Å². The standard InChI is InChI=1S/4C10H20/c4*1-8-6-5-7-10(3,4)9(8)2/h4*8-9H,5-7H2,1-4H3/t2*8-,9+;2*8-,9-/m1010/s1. The number of hydrogen-bond donors (Lipinski definition) is 0. The van der Waals surface area contributed by atoms with Crippen LogP contribution < -0.4 is 0 Å². The number of hydrogen-bond acceptors (Lipinski definition) is 0.